The first-order valence-electron chi connectivity index (χ1n) is 12.4. The molecule has 0 spiro atoms. The lowest BCUT2D eigenvalue weighted by Crippen LogP contribution is -2.02. The van der Waals surface area contributed by atoms with Gasteiger partial charge in [-0.1, -0.05) is 53.9 Å². The van der Waals surface area contributed by atoms with Crippen molar-refractivity contribution in [1.82, 2.24) is 0 Å². The number of thioether (sulfide) groups is 1. The van der Waals surface area contributed by atoms with Gasteiger partial charge in [-0.2, -0.15) is 13.2 Å². The molecule has 0 heterocycles. The summed E-state index contributed by atoms with van der Waals surface area (Å²) in [5, 5.41) is -0.431. The van der Waals surface area contributed by atoms with Gasteiger partial charge in [-0.05, 0) is 65.4 Å². The van der Waals surface area contributed by atoms with Gasteiger partial charge in [0, 0.05) is 27.5 Å². The normalized spacial score (nSPS) is 11.5. The first-order valence-corrected chi connectivity index (χ1v) is 13.4. The smallest absolute Gasteiger partial charge is 0.206 e. The van der Waals surface area contributed by atoms with Gasteiger partial charge in [0.15, 0.2) is 0 Å². The molecule has 42 heavy (non-hydrogen) atoms. The van der Waals surface area contributed by atoms with Crippen LogP contribution in [0.1, 0.15) is 16.7 Å². The average Bonchev–Trinajstić information content (AvgIpc) is 2.91. The summed E-state index contributed by atoms with van der Waals surface area (Å²) in [6.07, 6.45) is -4.95. The largest absolute Gasteiger partial charge is 0.458 e. The molecule has 0 saturated carbocycles. The SMILES string of the molecule is Cc1ccc(CSc2ccc(-c3cc(F)c(-c4ccc5c(F)c(C#CC(F)(F)F)c(F)cc5c4)c(F)c3)c(F)c2)cc1. The molecule has 0 fully saturated rings. The Hall–Kier alpha value is -4.29. The molecule has 0 N–H and O–H groups in total. The fraction of sp³-hybridized carbons (Fsp3) is 0.0909. The van der Waals surface area contributed by atoms with E-state index >= 15 is 13.2 Å². The quantitative estimate of drug-likeness (QED) is 0.110. The highest BCUT2D eigenvalue weighted by Gasteiger charge is 2.24. The number of hydrogen-bond donors (Lipinski definition) is 0. The molecule has 0 bridgehead atoms. The van der Waals surface area contributed by atoms with Crippen molar-refractivity contribution in [3.8, 4) is 34.1 Å². The highest BCUT2D eigenvalue weighted by atomic mass is 32.2. The van der Waals surface area contributed by atoms with Crippen LogP contribution in [-0.4, -0.2) is 6.18 Å². The Labute approximate surface area is 240 Å². The van der Waals surface area contributed by atoms with Crippen LogP contribution in [0.2, 0.25) is 0 Å². The number of fused-ring (bicyclic) bond motifs is 1. The van der Waals surface area contributed by atoms with Crippen molar-refractivity contribution in [3.63, 3.8) is 0 Å². The summed E-state index contributed by atoms with van der Waals surface area (Å²) >= 11 is 1.41. The third kappa shape index (κ3) is 6.29. The molecule has 5 aromatic rings. The minimum atomic E-state index is -4.95. The van der Waals surface area contributed by atoms with E-state index in [1.165, 1.54) is 29.8 Å². The first-order chi connectivity index (χ1) is 19.9. The summed E-state index contributed by atoms with van der Waals surface area (Å²) in [6, 6.07) is 18.3. The maximum atomic E-state index is 15.2. The van der Waals surface area contributed by atoms with Crippen molar-refractivity contribution in [2.24, 2.45) is 0 Å². The van der Waals surface area contributed by atoms with E-state index in [4.69, 9.17) is 0 Å². The molecule has 0 radical (unpaired) electrons. The summed E-state index contributed by atoms with van der Waals surface area (Å²) < 4.78 is 112. The summed E-state index contributed by atoms with van der Waals surface area (Å²) in [6.45, 7) is 1.98. The van der Waals surface area contributed by atoms with Gasteiger partial charge < -0.3 is 0 Å². The highest BCUT2D eigenvalue weighted by molar-refractivity contribution is 7.98. The lowest BCUT2D eigenvalue weighted by atomic mass is 9.96. The second-order valence-electron chi connectivity index (χ2n) is 9.46. The average molecular weight is 599 g/mol. The molecule has 0 aromatic heterocycles. The van der Waals surface area contributed by atoms with Crippen molar-refractivity contribution in [3.05, 3.63) is 125 Å². The molecule has 0 atom stereocenters. The van der Waals surface area contributed by atoms with E-state index in [0.29, 0.717) is 10.6 Å². The molecule has 5 aromatic carbocycles. The van der Waals surface area contributed by atoms with Crippen molar-refractivity contribution in [2.45, 2.75) is 23.7 Å². The lowest BCUT2D eigenvalue weighted by Gasteiger charge is -2.12. The van der Waals surface area contributed by atoms with Crippen LogP contribution >= 0.6 is 11.8 Å². The maximum absolute atomic E-state index is 15.2. The molecule has 0 aliphatic carbocycles. The zero-order valence-corrected chi connectivity index (χ0v) is 22.5. The molecule has 212 valence electrons. The highest BCUT2D eigenvalue weighted by Crippen LogP contribution is 2.36. The third-order valence-electron chi connectivity index (χ3n) is 6.47. The maximum Gasteiger partial charge on any atom is 0.458 e. The summed E-state index contributed by atoms with van der Waals surface area (Å²) in [7, 11) is 0. The number of hydrogen-bond acceptors (Lipinski definition) is 1. The zero-order valence-electron chi connectivity index (χ0n) is 21.6. The Morgan fingerprint density at radius 3 is 2.02 bits per heavy atom. The first kappa shape index (κ1) is 29.2. The fourth-order valence-electron chi connectivity index (χ4n) is 4.41. The molecule has 0 aliphatic heterocycles. The summed E-state index contributed by atoms with van der Waals surface area (Å²) in [5.74, 6) is -2.58. The molecule has 0 unspecified atom stereocenters. The van der Waals surface area contributed by atoms with E-state index in [1.54, 1.807) is 6.07 Å². The van der Waals surface area contributed by atoms with E-state index in [-0.39, 0.29) is 27.5 Å². The van der Waals surface area contributed by atoms with Crippen LogP contribution < -0.4 is 0 Å². The molecular weight excluding hydrogens is 580 g/mol. The number of halogens is 8. The third-order valence-corrected chi connectivity index (χ3v) is 7.53. The molecular formula is C33H18F8S. The Morgan fingerprint density at radius 1 is 0.690 bits per heavy atom. The van der Waals surface area contributed by atoms with Crippen molar-refractivity contribution in [2.75, 3.05) is 0 Å². The van der Waals surface area contributed by atoms with Gasteiger partial charge in [-0.15, -0.1) is 11.8 Å². The van der Waals surface area contributed by atoms with Crippen LogP contribution in [0.25, 0.3) is 33.0 Å². The van der Waals surface area contributed by atoms with Crippen LogP contribution in [0.5, 0.6) is 0 Å². The Kier molecular flexibility index (Phi) is 8.02. The number of alkyl halides is 3. The Balaban J connectivity index is 1.44. The second-order valence-corrected chi connectivity index (χ2v) is 10.5. The number of aryl methyl sites for hydroxylation is 1. The topological polar surface area (TPSA) is 0 Å². The minimum Gasteiger partial charge on any atom is -0.206 e. The van der Waals surface area contributed by atoms with Gasteiger partial charge in [-0.3, -0.25) is 0 Å². The monoisotopic (exact) mass is 598 g/mol. The van der Waals surface area contributed by atoms with E-state index in [9.17, 15) is 22.0 Å². The van der Waals surface area contributed by atoms with Gasteiger partial charge >= 0.3 is 6.18 Å². The fourth-order valence-corrected chi connectivity index (χ4v) is 5.29. The van der Waals surface area contributed by atoms with Crippen molar-refractivity contribution in [1.29, 1.82) is 0 Å². The number of benzene rings is 5. The second kappa shape index (κ2) is 11.5. The van der Waals surface area contributed by atoms with Crippen LogP contribution in [0.3, 0.4) is 0 Å². The minimum absolute atomic E-state index is 0.0193. The Bertz CT molecular complexity index is 1860. The van der Waals surface area contributed by atoms with Crippen LogP contribution in [0.4, 0.5) is 35.1 Å². The molecule has 5 rings (SSSR count). The molecule has 0 nitrogen and oxygen atoms in total. The van der Waals surface area contributed by atoms with Crippen LogP contribution in [-0.2, 0) is 5.75 Å². The number of rotatable bonds is 5. The van der Waals surface area contributed by atoms with E-state index < -0.39 is 46.4 Å². The van der Waals surface area contributed by atoms with E-state index in [0.717, 1.165) is 53.4 Å². The van der Waals surface area contributed by atoms with Crippen molar-refractivity contribution >= 4 is 22.5 Å². The van der Waals surface area contributed by atoms with Gasteiger partial charge in [-0.25, -0.2) is 22.0 Å². The lowest BCUT2D eigenvalue weighted by molar-refractivity contribution is -0.0696. The zero-order chi connectivity index (χ0) is 30.2. The Morgan fingerprint density at radius 2 is 1.38 bits per heavy atom. The molecule has 0 amide bonds. The molecule has 0 saturated heterocycles. The van der Waals surface area contributed by atoms with Crippen LogP contribution in [0.15, 0.2) is 83.8 Å². The predicted molar refractivity (Wildman–Crippen MR) is 148 cm³/mol. The van der Waals surface area contributed by atoms with E-state index in [2.05, 4.69) is 0 Å². The molecule has 9 heteroatoms. The van der Waals surface area contributed by atoms with Gasteiger partial charge in [0.25, 0.3) is 0 Å². The summed E-state index contributed by atoms with van der Waals surface area (Å²) in [5.41, 5.74) is 0.440. The van der Waals surface area contributed by atoms with E-state index in [1.807, 2.05) is 31.2 Å². The van der Waals surface area contributed by atoms with Gasteiger partial charge in [0.2, 0.25) is 0 Å². The predicted octanol–water partition coefficient (Wildman–Crippen LogP) is 10.4. The van der Waals surface area contributed by atoms with Crippen LogP contribution in [0, 0.1) is 47.9 Å². The van der Waals surface area contributed by atoms with Gasteiger partial charge in [0.1, 0.15) is 29.1 Å². The van der Waals surface area contributed by atoms with Gasteiger partial charge in [0.05, 0.1) is 11.1 Å². The standard InChI is InChI=1S/C33H18F8S/c1-18-2-4-19(5-3-18)17-42-23-7-9-24(28(35)16-23)22-14-29(36)31(30(37)15-22)20-6-8-25-21(12-20)13-27(34)26(32(25)38)10-11-33(39,40)41/h2-9,12-16H,17H2,1H3. The van der Waals surface area contributed by atoms with Crippen molar-refractivity contribution < 1.29 is 35.1 Å². The summed E-state index contributed by atoms with van der Waals surface area (Å²) in [4.78, 5) is 0.637. The molecule has 0 aliphatic rings.